The highest BCUT2D eigenvalue weighted by Gasteiger charge is 2.39. The molecule has 0 radical (unpaired) electrons. The van der Waals surface area contributed by atoms with Crippen LogP contribution >= 0.6 is 0 Å². The van der Waals surface area contributed by atoms with E-state index in [0.717, 1.165) is 22.5 Å². The lowest BCUT2D eigenvalue weighted by Crippen LogP contribution is -2.33. The van der Waals surface area contributed by atoms with E-state index in [1.807, 2.05) is 56.3 Å². The van der Waals surface area contributed by atoms with Crippen LogP contribution in [-0.4, -0.2) is 42.7 Å². The summed E-state index contributed by atoms with van der Waals surface area (Å²) in [4.78, 5) is 22.2. The standard InChI is InChI=1S/C23H23F2N7O/c1-13-8-16(9-14(2)28-13)18-19(15-6-4-3-5-7-15)29-21(26)32-20(18)30-31(22(32)33)11-17-10-23(24,25)12-27-17/h3-9,17,27H,10-12H2,1-2H3,(H2,26,29)/t17-/m0/s1. The number of nitrogens with one attached hydrogen (secondary N) is 1. The van der Waals surface area contributed by atoms with Crippen molar-refractivity contribution in [3.05, 3.63) is 64.3 Å². The Balaban J connectivity index is 1.75. The smallest absolute Gasteiger partial charge is 0.353 e. The molecule has 4 heterocycles. The molecule has 0 unspecified atom stereocenters. The largest absolute Gasteiger partial charge is 0.369 e. The van der Waals surface area contributed by atoms with E-state index < -0.39 is 24.2 Å². The van der Waals surface area contributed by atoms with Crippen LogP contribution < -0.4 is 16.7 Å². The van der Waals surface area contributed by atoms with Gasteiger partial charge in [-0.1, -0.05) is 30.3 Å². The predicted molar refractivity (Wildman–Crippen MR) is 121 cm³/mol. The highest BCUT2D eigenvalue weighted by Crippen LogP contribution is 2.35. The molecule has 10 heteroatoms. The van der Waals surface area contributed by atoms with E-state index in [1.54, 1.807) is 0 Å². The molecule has 0 saturated carbocycles. The number of nitrogens with zero attached hydrogens (tertiary/aromatic N) is 5. The first-order valence-electron chi connectivity index (χ1n) is 10.6. The number of hydrogen-bond donors (Lipinski definition) is 2. The Hall–Kier alpha value is -3.66. The molecule has 0 bridgehead atoms. The molecule has 1 fully saturated rings. The van der Waals surface area contributed by atoms with E-state index in [2.05, 4.69) is 20.4 Å². The number of nitrogens with two attached hydrogens (primary N) is 1. The minimum Gasteiger partial charge on any atom is -0.369 e. The van der Waals surface area contributed by atoms with E-state index in [0.29, 0.717) is 16.9 Å². The van der Waals surface area contributed by atoms with Gasteiger partial charge in [-0.25, -0.2) is 27.6 Å². The second kappa shape index (κ2) is 7.73. The van der Waals surface area contributed by atoms with Gasteiger partial charge in [-0.15, -0.1) is 5.10 Å². The molecule has 1 aliphatic rings. The van der Waals surface area contributed by atoms with Gasteiger partial charge in [0.05, 0.1) is 24.3 Å². The van der Waals surface area contributed by atoms with Crippen molar-refractivity contribution in [2.75, 3.05) is 12.3 Å². The van der Waals surface area contributed by atoms with Crippen LogP contribution in [0.5, 0.6) is 0 Å². The fourth-order valence-corrected chi connectivity index (χ4v) is 4.41. The first kappa shape index (κ1) is 21.2. The van der Waals surface area contributed by atoms with Crippen LogP contribution in [0.4, 0.5) is 14.7 Å². The Bertz CT molecular complexity index is 1390. The zero-order valence-corrected chi connectivity index (χ0v) is 18.2. The molecule has 0 aliphatic carbocycles. The second-order valence-electron chi connectivity index (χ2n) is 8.46. The number of nitrogen functional groups attached to an aromatic ring is 1. The fraction of sp³-hybridized carbons (Fsp3) is 0.304. The Morgan fingerprint density at radius 1 is 1.12 bits per heavy atom. The van der Waals surface area contributed by atoms with Gasteiger partial charge in [0.25, 0.3) is 5.92 Å². The van der Waals surface area contributed by atoms with Gasteiger partial charge in [0.1, 0.15) is 0 Å². The van der Waals surface area contributed by atoms with Crippen LogP contribution in [0, 0.1) is 13.8 Å². The zero-order chi connectivity index (χ0) is 23.3. The number of anilines is 1. The van der Waals surface area contributed by atoms with E-state index in [-0.39, 0.29) is 18.9 Å². The molecule has 1 aliphatic heterocycles. The quantitative estimate of drug-likeness (QED) is 0.495. The normalized spacial score (nSPS) is 17.6. The molecule has 0 amide bonds. The van der Waals surface area contributed by atoms with Crippen molar-refractivity contribution in [1.82, 2.24) is 29.5 Å². The third kappa shape index (κ3) is 3.86. The molecule has 4 aromatic rings. The topological polar surface area (TPSA) is 103 Å². The SMILES string of the molecule is Cc1cc(-c2c(-c3ccccc3)nc(N)n3c(=O)n(C[C@@H]4CC(F)(F)CN4)nc23)cc(C)n1. The van der Waals surface area contributed by atoms with Crippen molar-refractivity contribution >= 4 is 11.6 Å². The minimum absolute atomic E-state index is 0.00402. The van der Waals surface area contributed by atoms with Crippen molar-refractivity contribution in [3.63, 3.8) is 0 Å². The number of rotatable bonds is 4. The van der Waals surface area contributed by atoms with Crippen LogP contribution in [0.15, 0.2) is 47.3 Å². The van der Waals surface area contributed by atoms with Gasteiger partial charge in [-0.3, -0.25) is 4.98 Å². The summed E-state index contributed by atoms with van der Waals surface area (Å²) in [5, 5.41) is 7.31. The number of pyridine rings is 1. The van der Waals surface area contributed by atoms with Crippen molar-refractivity contribution in [2.45, 2.75) is 38.8 Å². The van der Waals surface area contributed by atoms with Crippen LogP contribution in [0.3, 0.4) is 0 Å². The first-order valence-corrected chi connectivity index (χ1v) is 10.6. The number of benzene rings is 1. The molecule has 1 atom stereocenters. The molecule has 8 nitrogen and oxygen atoms in total. The number of fused-ring (bicyclic) bond motifs is 1. The van der Waals surface area contributed by atoms with Crippen molar-refractivity contribution in [3.8, 4) is 22.4 Å². The second-order valence-corrected chi connectivity index (χ2v) is 8.46. The van der Waals surface area contributed by atoms with E-state index in [9.17, 15) is 13.6 Å². The summed E-state index contributed by atoms with van der Waals surface area (Å²) in [6, 6.07) is 12.7. The monoisotopic (exact) mass is 451 g/mol. The highest BCUT2D eigenvalue weighted by atomic mass is 19.3. The summed E-state index contributed by atoms with van der Waals surface area (Å²) in [7, 11) is 0. The van der Waals surface area contributed by atoms with Crippen molar-refractivity contribution in [1.29, 1.82) is 0 Å². The molecule has 1 saturated heterocycles. The third-order valence-corrected chi connectivity index (χ3v) is 5.76. The number of aryl methyl sites for hydroxylation is 2. The van der Waals surface area contributed by atoms with Gasteiger partial charge < -0.3 is 11.1 Å². The van der Waals surface area contributed by atoms with E-state index >= 15 is 0 Å². The average molecular weight is 451 g/mol. The highest BCUT2D eigenvalue weighted by molar-refractivity contribution is 5.90. The first-order chi connectivity index (χ1) is 15.7. The maximum atomic E-state index is 13.7. The van der Waals surface area contributed by atoms with Gasteiger partial charge >= 0.3 is 5.69 Å². The van der Waals surface area contributed by atoms with Gasteiger partial charge in [0, 0.05) is 29.4 Å². The summed E-state index contributed by atoms with van der Waals surface area (Å²) in [5.74, 6) is -2.82. The lowest BCUT2D eigenvalue weighted by Gasteiger charge is -2.13. The van der Waals surface area contributed by atoms with Gasteiger partial charge in [-0.2, -0.15) is 0 Å². The summed E-state index contributed by atoms with van der Waals surface area (Å²) < 4.78 is 29.7. The molecular formula is C23H23F2N7O. The fourth-order valence-electron chi connectivity index (χ4n) is 4.41. The molecule has 0 spiro atoms. The van der Waals surface area contributed by atoms with Gasteiger partial charge in [-0.05, 0) is 31.5 Å². The lowest BCUT2D eigenvalue weighted by atomic mass is 9.99. The lowest BCUT2D eigenvalue weighted by molar-refractivity contribution is 0.0205. The Morgan fingerprint density at radius 3 is 2.45 bits per heavy atom. The van der Waals surface area contributed by atoms with Gasteiger partial charge in [0.15, 0.2) is 5.65 Å². The summed E-state index contributed by atoms with van der Waals surface area (Å²) in [5.41, 5.74) is 10.4. The number of aromatic nitrogens is 5. The number of alkyl halides is 2. The maximum Gasteiger partial charge on any atom is 0.353 e. The van der Waals surface area contributed by atoms with Crippen molar-refractivity contribution in [2.24, 2.45) is 0 Å². The minimum atomic E-state index is -2.80. The summed E-state index contributed by atoms with van der Waals surface area (Å²) in [6.45, 7) is 3.36. The zero-order valence-electron chi connectivity index (χ0n) is 18.2. The molecule has 3 aromatic heterocycles. The molecule has 3 N–H and O–H groups in total. The molecule has 5 rings (SSSR count). The van der Waals surface area contributed by atoms with Crippen LogP contribution in [0.25, 0.3) is 28.0 Å². The number of halogens is 2. The molecule has 170 valence electrons. The Labute approximate surface area is 188 Å². The van der Waals surface area contributed by atoms with E-state index in [4.69, 9.17) is 5.73 Å². The summed E-state index contributed by atoms with van der Waals surface area (Å²) in [6.07, 6.45) is -0.355. The number of hydrogen-bond acceptors (Lipinski definition) is 6. The van der Waals surface area contributed by atoms with Crippen LogP contribution in [-0.2, 0) is 6.54 Å². The third-order valence-electron chi connectivity index (χ3n) is 5.76. The molecule has 33 heavy (non-hydrogen) atoms. The van der Waals surface area contributed by atoms with Crippen LogP contribution in [0.2, 0.25) is 0 Å². The summed E-state index contributed by atoms with van der Waals surface area (Å²) >= 11 is 0. The predicted octanol–water partition coefficient (Wildman–Crippen LogP) is 2.82. The molecular weight excluding hydrogens is 428 g/mol. The van der Waals surface area contributed by atoms with E-state index in [1.165, 1.54) is 9.08 Å². The Morgan fingerprint density at radius 2 is 1.82 bits per heavy atom. The van der Waals surface area contributed by atoms with Crippen LogP contribution in [0.1, 0.15) is 17.8 Å². The molecule has 1 aromatic carbocycles. The van der Waals surface area contributed by atoms with Crippen molar-refractivity contribution < 1.29 is 8.78 Å². The average Bonchev–Trinajstić information content (AvgIpc) is 3.27. The Kier molecular flexibility index (Phi) is 4.97. The van der Waals surface area contributed by atoms with Gasteiger partial charge in [0.2, 0.25) is 5.95 Å². The maximum absolute atomic E-state index is 13.7.